The molecule has 0 aromatic heterocycles. The average molecular weight is 454 g/mol. The van der Waals surface area contributed by atoms with E-state index in [0.29, 0.717) is 23.4 Å². The SMILES string of the molecule is CCC(=O)c1ccc(OCC(=O)OCC(=O)Nc2ccc(N3CCN(CC)CC3)cc2)cc1. The van der Waals surface area contributed by atoms with Crippen LogP contribution in [0.15, 0.2) is 48.5 Å². The van der Waals surface area contributed by atoms with Gasteiger partial charge in [0.25, 0.3) is 5.91 Å². The highest BCUT2D eigenvalue weighted by Gasteiger charge is 2.16. The molecule has 0 spiro atoms. The maximum Gasteiger partial charge on any atom is 0.344 e. The maximum absolute atomic E-state index is 12.1. The first kappa shape index (κ1) is 24.3. The van der Waals surface area contributed by atoms with E-state index < -0.39 is 18.5 Å². The minimum atomic E-state index is -0.652. The molecule has 1 amide bonds. The Kier molecular flexibility index (Phi) is 8.83. The third-order valence-corrected chi connectivity index (χ3v) is 5.55. The van der Waals surface area contributed by atoms with Gasteiger partial charge in [0.2, 0.25) is 0 Å². The van der Waals surface area contributed by atoms with Crippen molar-refractivity contribution in [2.45, 2.75) is 20.3 Å². The number of hydrogen-bond acceptors (Lipinski definition) is 7. The van der Waals surface area contributed by atoms with Crippen LogP contribution in [0.25, 0.3) is 0 Å². The van der Waals surface area contributed by atoms with Crippen LogP contribution in [0.1, 0.15) is 30.6 Å². The van der Waals surface area contributed by atoms with Crippen molar-refractivity contribution >= 4 is 29.0 Å². The van der Waals surface area contributed by atoms with E-state index in [2.05, 4.69) is 22.0 Å². The second kappa shape index (κ2) is 12.0. The molecule has 33 heavy (non-hydrogen) atoms. The van der Waals surface area contributed by atoms with Crippen molar-refractivity contribution in [3.05, 3.63) is 54.1 Å². The van der Waals surface area contributed by atoms with Gasteiger partial charge in [0.15, 0.2) is 19.0 Å². The molecule has 1 saturated heterocycles. The highest BCUT2D eigenvalue weighted by molar-refractivity contribution is 5.96. The predicted octanol–water partition coefficient (Wildman–Crippen LogP) is 2.98. The van der Waals surface area contributed by atoms with Crippen molar-refractivity contribution in [1.29, 1.82) is 0 Å². The summed E-state index contributed by atoms with van der Waals surface area (Å²) in [5.41, 5.74) is 2.36. The third-order valence-electron chi connectivity index (χ3n) is 5.55. The van der Waals surface area contributed by atoms with Gasteiger partial charge in [-0.15, -0.1) is 0 Å². The molecule has 0 saturated carbocycles. The fourth-order valence-corrected chi connectivity index (χ4v) is 3.55. The number of amides is 1. The standard InChI is InChI=1S/C25H31N3O5/c1-3-23(29)19-5-11-22(12-6-19)32-18-25(31)33-17-24(30)26-20-7-9-21(10-8-20)28-15-13-27(4-2)14-16-28/h5-12H,3-4,13-18H2,1-2H3,(H,26,30). The van der Waals surface area contributed by atoms with Crippen molar-refractivity contribution in [3.8, 4) is 5.75 Å². The van der Waals surface area contributed by atoms with Gasteiger partial charge in [-0.3, -0.25) is 9.59 Å². The first-order chi connectivity index (χ1) is 16.0. The van der Waals surface area contributed by atoms with Crippen LogP contribution in [-0.4, -0.2) is 68.5 Å². The van der Waals surface area contributed by atoms with E-state index in [0.717, 1.165) is 38.4 Å². The third kappa shape index (κ3) is 7.32. The average Bonchev–Trinajstić information content (AvgIpc) is 2.86. The molecule has 1 N–H and O–H groups in total. The Bertz CT molecular complexity index is 936. The van der Waals surface area contributed by atoms with Crippen LogP contribution in [0.3, 0.4) is 0 Å². The molecule has 8 nitrogen and oxygen atoms in total. The zero-order chi connectivity index (χ0) is 23.6. The van der Waals surface area contributed by atoms with Gasteiger partial charge in [-0.25, -0.2) is 4.79 Å². The summed E-state index contributed by atoms with van der Waals surface area (Å²) in [6.45, 7) is 8.39. The van der Waals surface area contributed by atoms with Crippen LogP contribution in [-0.2, 0) is 14.3 Å². The van der Waals surface area contributed by atoms with Crippen LogP contribution in [0.2, 0.25) is 0 Å². The first-order valence-electron chi connectivity index (χ1n) is 11.3. The number of esters is 1. The smallest absolute Gasteiger partial charge is 0.344 e. The molecule has 1 aliphatic rings. The van der Waals surface area contributed by atoms with Crippen LogP contribution < -0.4 is 15.0 Å². The van der Waals surface area contributed by atoms with Gasteiger partial charge in [0, 0.05) is 49.5 Å². The summed E-state index contributed by atoms with van der Waals surface area (Å²) in [5, 5.41) is 2.72. The van der Waals surface area contributed by atoms with E-state index in [-0.39, 0.29) is 12.4 Å². The van der Waals surface area contributed by atoms with E-state index >= 15 is 0 Å². The minimum Gasteiger partial charge on any atom is -0.482 e. The molecule has 1 aliphatic heterocycles. The molecule has 176 valence electrons. The summed E-state index contributed by atoms with van der Waals surface area (Å²) in [4.78, 5) is 40.3. The van der Waals surface area contributed by atoms with E-state index in [1.165, 1.54) is 0 Å². The van der Waals surface area contributed by atoms with Gasteiger partial charge in [-0.1, -0.05) is 13.8 Å². The summed E-state index contributed by atoms with van der Waals surface area (Å²) in [5.74, 6) is -0.591. The maximum atomic E-state index is 12.1. The number of piperazine rings is 1. The predicted molar refractivity (Wildman–Crippen MR) is 127 cm³/mol. The lowest BCUT2D eigenvalue weighted by Gasteiger charge is -2.35. The van der Waals surface area contributed by atoms with Crippen molar-refractivity contribution in [2.75, 3.05) is 56.2 Å². The normalized spacial score (nSPS) is 13.9. The minimum absolute atomic E-state index is 0.0384. The number of likely N-dealkylation sites (N-methyl/N-ethyl adjacent to an activating group) is 1. The van der Waals surface area contributed by atoms with Gasteiger partial charge in [-0.2, -0.15) is 0 Å². The van der Waals surface area contributed by atoms with E-state index in [1.54, 1.807) is 31.2 Å². The number of hydrogen-bond donors (Lipinski definition) is 1. The zero-order valence-corrected chi connectivity index (χ0v) is 19.2. The fourth-order valence-electron chi connectivity index (χ4n) is 3.55. The van der Waals surface area contributed by atoms with Gasteiger partial charge >= 0.3 is 5.97 Å². The Balaban J connectivity index is 1.37. The number of nitrogens with zero attached hydrogens (tertiary/aromatic N) is 2. The molecular formula is C25H31N3O5. The number of carbonyl (C=O) groups excluding carboxylic acids is 3. The summed E-state index contributed by atoms with van der Waals surface area (Å²) in [6.07, 6.45) is 0.426. The second-order valence-corrected chi connectivity index (χ2v) is 7.77. The molecule has 8 heteroatoms. The van der Waals surface area contributed by atoms with E-state index in [9.17, 15) is 14.4 Å². The largest absolute Gasteiger partial charge is 0.482 e. The number of benzene rings is 2. The lowest BCUT2D eigenvalue weighted by Crippen LogP contribution is -2.46. The van der Waals surface area contributed by atoms with Gasteiger partial charge < -0.3 is 24.6 Å². The Morgan fingerprint density at radius 2 is 1.55 bits per heavy atom. The highest BCUT2D eigenvalue weighted by atomic mass is 16.6. The molecule has 0 atom stereocenters. The zero-order valence-electron chi connectivity index (χ0n) is 19.2. The summed E-state index contributed by atoms with van der Waals surface area (Å²) >= 11 is 0. The lowest BCUT2D eigenvalue weighted by molar-refractivity contribution is -0.149. The number of ketones is 1. The summed E-state index contributed by atoms with van der Waals surface area (Å²) in [7, 11) is 0. The monoisotopic (exact) mass is 453 g/mol. The van der Waals surface area contributed by atoms with Crippen molar-refractivity contribution in [3.63, 3.8) is 0 Å². The Morgan fingerprint density at radius 1 is 0.879 bits per heavy atom. The van der Waals surface area contributed by atoms with Crippen LogP contribution in [0.5, 0.6) is 5.75 Å². The van der Waals surface area contributed by atoms with Gasteiger partial charge in [0.05, 0.1) is 0 Å². The number of nitrogens with one attached hydrogen (secondary N) is 1. The molecule has 0 bridgehead atoms. The molecule has 0 radical (unpaired) electrons. The van der Waals surface area contributed by atoms with Crippen molar-refractivity contribution < 1.29 is 23.9 Å². The molecule has 0 unspecified atom stereocenters. The number of rotatable bonds is 10. The van der Waals surface area contributed by atoms with E-state index in [1.807, 2.05) is 24.3 Å². The second-order valence-electron chi connectivity index (χ2n) is 7.77. The van der Waals surface area contributed by atoms with Crippen LogP contribution in [0, 0.1) is 0 Å². The molecule has 2 aromatic carbocycles. The van der Waals surface area contributed by atoms with Crippen LogP contribution >= 0.6 is 0 Å². The van der Waals surface area contributed by atoms with Gasteiger partial charge in [0.1, 0.15) is 5.75 Å². The molecular weight excluding hydrogens is 422 g/mol. The number of carbonyl (C=O) groups is 3. The Labute approximate surface area is 194 Å². The molecule has 2 aromatic rings. The molecule has 3 rings (SSSR count). The Hall–Kier alpha value is -3.39. The fraction of sp³-hybridized carbons (Fsp3) is 0.400. The summed E-state index contributed by atoms with van der Waals surface area (Å²) in [6, 6.07) is 14.2. The molecule has 1 heterocycles. The molecule has 1 fully saturated rings. The number of Topliss-reactive ketones (excluding diaryl/α,β-unsaturated/α-hetero) is 1. The summed E-state index contributed by atoms with van der Waals surface area (Å²) < 4.78 is 10.3. The highest BCUT2D eigenvalue weighted by Crippen LogP contribution is 2.19. The lowest BCUT2D eigenvalue weighted by atomic mass is 10.1. The Morgan fingerprint density at radius 3 is 2.15 bits per heavy atom. The first-order valence-corrected chi connectivity index (χ1v) is 11.3. The van der Waals surface area contributed by atoms with Crippen molar-refractivity contribution in [1.82, 2.24) is 4.90 Å². The molecule has 0 aliphatic carbocycles. The van der Waals surface area contributed by atoms with Gasteiger partial charge in [-0.05, 0) is 55.1 Å². The van der Waals surface area contributed by atoms with E-state index in [4.69, 9.17) is 9.47 Å². The quantitative estimate of drug-likeness (QED) is 0.437. The topological polar surface area (TPSA) is 88.2 Å². The van der Waals surface area contributed by atoms with Crippen molar-refractivity contribution in [2.24, 2.45) is 0 Å². The number of anilines is 2. The van der Waals surface area contributed by atoms with Crippen LogP contribution in [0.4, 0.5) is 11.4 Å². The number of ether oxygens (including phenoxy) is 2.